The predicted molar refractivity (Wildman–Crippen MR) is 106 cm³/mol. The van der Waals surface area contributed by atoms with Crippen LogP contribution < -0.4 is 10.2 Å². The van der Waals surface area contributed by atoms with E-state index in [2.05, 4.69) is 5.32 Å². The zero-order valence-corrected chi connectivity index (χ0v) is 17.4. The van der Waals surface area contributed by atoms with Gasteiger partial charge < -0.3 is 19.7 Å². The molecule has 1 N–H and O–H groups in total. The zero-order valence-electron chi connectivity index (χ0n) is 16.6. The highest BCUT2D eigenvalue weighted by Gasteiger charge is 2.29. The molecule has 0 radical (unpaired) electrons. The first-order chi connectivity index (χ1) is 13.9. The summed E-state index contributed by atoms with van der Waals surface area (Å²) >= 11 is 0. The van der Waals surface area contributed by atoms with Gasteiger partial charge in [-0.3, -0.25) is 4.79 Å². The lowest BCUT2D eigenvalue weighted by Gasteiger charge is -2.31. The Bertz CT molecular complexity index is 846. The summed E-state index contributed by atoms with van der Waals surface area (Å²) in [5.41, 5.74) is 0.710. The van der Waals surface area contributed by atoms with Gasteiger partial charge in [0.05, 0.1) is 29.4 Å². The molecule has 0 unspecified atom stereocenters. The Morgan fingerprint density at radius 3 is 2.45 bits per heavy atom. The van der Waals surface area contributed by atoms with Gasteiger partial charge >= 0.3 is 5.97 Å². The molecule has 9 nitrogen and oxygen atoms in total. The number of likely N-dealkylation sites (N-methyl/N-ethyl adjacent to an activating group) is 1. The van der Waals surface area contributed by atoms with Crippen LogP contribution in [0.2, 0.25) is 0 Å². The number of sulfonamides is 1. The molecule has 2 heterocycles. The van der Waals surface area contributed by atoms with Gasteiger partial charge in [0, 0.05) is 33.2 Å². The second-order valence-corrected chi connectivity index (χ2v) is 8.93. The normalized spacial score (nSPS) is 18.3. The van der Waals surface area contributed by atoms with Crippen molar-refractivity contribution in [1.82, 2.24) is 9.62 Å². The maximum absolute atomic E-state index is 13.0. The molecule has 3 rings (SSSR count). The van der Waals surface area contributed by atoms with Crippen LogP contribution in [-0.2, 0) is 24.3 Å². The molecule has 0 aromatic heterocycles. The molecule has 0 spiro atoms. The van der Waals surface area contributed by atoms with E-state index >= 15 is 0 Å². The molecule has 1 aromatic carbocycles. The van der Waals surface area contributed by atoms with Crippen molar-refractivity contribution in [2.24, 2.45) is 0 Å². The van der Waals surface area contributed by atoms with E-state index in [9.17, 15) is 18.0 Å². The van der Waals surface area contributed by atoms with Crippen LogP contribution in [0, 0.1) is 0 Å². The van der Waals surface area contributed by atoms with Crippen molar-refractivity contribution in [3.05, 3.63) is 23.8 Å². The van der Waals surface area contributed by atoms with E-state index in [1.54, 1.807) is 6.07 Å². The average molecular weight is 426 g/mol. The highest BCUT2D eigenvalue weighted by atomic mass is 32.2. The van der Waals surface area contributed by atoms with Gasteiger partial charge in [-0.15, -0.1) is 0 Å². The van der Waals surface area contributed by atoms with Crippen LogP contribution in [0.1, 0.15) is 29.6 Å². The minimum absolute atomic E-state index is 0.0586. The summed E-state index contributed by atoms with van der Waals surface area (Å²) in [5.74, 6) is -1.17. The first-order valence-electron chi connectivity index (χ1n) is 9.78. The summed E-state index contributed by atoms with van der Waals surface area (Å²) in [6, 6.07) is 4.53. The van der Waals surface area contributed by atoms with Crippen LogP contribution in [-0.4, -0.2) is 77.6 Å². The number of piperidine rings is 1. The Labute approximate surface area is 171 Å². The Balaban J connectivity index is 1.93. The molecule has 0 bridgehead atoms. The number of hydrogen-bond acceptors (Lipinski definition) is 7. The maximum atomic E-state index is 13.0. The number of rotatable bonds is 6. The topological polar surface area (TPSA) is 105 Å². The third-order valence-corrected chi connectivity index (χ3v) is 7.00. The smallest absolute Gasteiger partial charge is 0.340 e. The van der Waals surface area contributed by atoms with Gasteiger partial charge in [0.25, 0.3) is 5.91 Å². The van der Waals surface area contributed by atoms with Crippen LogP contribution in [0.15, 0.2) is 23.1 Å². The van der Waals surface area contributed by atoms with Crippen molar-refractivity contribution in [2.75, 3.05) is 57.9 Å². The number of carbonyl (C=O) groups excluding carboxylic acids is 2. The molecule has 1 amide bonds. The molecule has 1 aromatic rings. The van der Waals surface area contributed by atoms with Crippen LogP contribution in [0.25, 0.3) is 0 Å². The number of ether oxygens (including phenoxy) is 2. The summed E-state index contributed by atoms with van der Waals surface area (Å²) in [4.78, 5) is 26.2. The van der Waals surface area contributed by atoms with Gasteiger partial charge in [0.1, 0.15) is 0 Å². The number of esters is 1. The summed E-state index contributed by atoms with van der Waals surface area (Å²) < 4.78 is 38.0. The number of nitrogens with one attached hydrogen (secondary N) is 1. The van der Waals surface area contributed by atoms with Crippen LogP contribution >= 0.6 is 0 Å². The van der Waals surface area contributed by atoms with E-state index in [-0.39, 0.29) is 10.5 Å². The molecule has 0 aliphatic carbocycles. The zero-order chi connectivity index (χ0) is 20.9. The summed E-state index contributed by atoms with van der Waals surface area (Å²) in [6.07, 6.45) is 2.66. The molecular weight excluding hydrogens is 398 g/mol. The van der Waals surface area contributed by atoms with Gasteiger partial charge in [-0.25, -0.2) is 13.2 Å². The van der Waals surface area contributed by atoms with Crippen LogP contribution in [0.4, 0.5) is 5.69 Å². The maximum Gasteiger partial charge on any atom is 0.340 e. The fourth-order valence-corrected chi connectivity index (χ4v) is 5.00. The number of carbonyl (C=O) groups is 2. The third-order valence-electron chi connectivity index (χ3n) is 5.11. The van der Waals surface area contributed by atoms with Crippen molar-refractivity contribution in [2.45, 2.75) is 24.2 Å². The van der Waals surface area contributed by atoms with E-state index in [4.69, 9.17) is 9.47 Å². The molecule has 2 saturated heterocycles. The van der Waals surface area contributed by atoms with Gasteiger partial charge in [-0.2, -0.15) is 4.31 Å². The number of morpholine rings is 1. The molecule has 2 fully saturated rings. The molecule has 10 heteroatoms. The first-order valence-corrected chi connectivity index (χ1v) is 11.2. The van der Waals surface area contributed by atoms with E-state index in [0.717, 1.165) is 19.3 Å². The molecule has 2 aliphatic heterocycles. The molecule has 2 aliphatic rings. The first kappa shape index (κ1) is 21.5. The number of benzene rings is 1. The van der Waals surface area contributed by atoms with E-state index in [1.807, 2.05) is 4.90 Å². The fourth-order valence-electron chi connectivity index (χ4n) is 3.45. The summed E-state index contributed by atoms with van der Waals surface area (Å²) in [6.45, 7) is 2.71. The van der Waals surface area contributed by atoms with Gasteiger partial charge in [-0.1, -0.05) is 6.42 Å². The molecule has 0 saturated carbocycles. The van der Waals surface area contributed by atoms with Crippen molar-refractivity contribution in [1.29, 1.82) is 0 Å². The number of hydrogen-bond donors (Lipinski definition) is 1. The Morgan fingerprint density at radius 1 is 1.10 bits per heavy atom. The monoisotopic (exact) mass is 425 g/mol. The SMILES string of the molecule is CNC(=O)COC(=O)c1cc(S(=O)(=O)N2CCCCC2)ccc1N1CCOCC1. The average Bonchev–Trinajstić information content (AvgIpc) is 2.78. The Morgan fingerprint density at radius 2 is 1.79 bits per heavy atom. The van der Waals surface area contributed by atoms with Crippen LogP contribution in [0.5, 0.6) is 0 Å². The van der Waals surface area contributed by atoms with Gasteiger partial charge in [0.15, 0.2) is 6.61 Å². The van der Waals surface area contributed by atoms with Crippen LogP contribution in [0.3, 0.4) is 0 Å². The van der Waals surface area contributed by atoms with Crippen molar-refractivity contribution >= 4 is 27.6 Å². The minimum atomic E-state index is -3.70. The standard InChI is InChI=1S/C19H27N3O6S/c1-20-18(23)14-28-19(24)16-13-15(29(25,26)22-7-3-2-4-8-22)5-6-17(16)21-9-11-27-12-10-21/h5-6,13H,2-4,7-12,14H2,1H3,(H,20,23). The lowest BCUT2D eigenvalue weighted by Crippen LogP contribution is -2.38. The molecular formula is C19H27N3O6S. The largest absolute Gasteiger partial charge is 0.452 e. The molecule has 0 atom stereocenters. The lowest BCUT2D eigenvalue weighted by atomic mass is 10.1. The van der Waals surface area contributed by atoms with E-state index < -0.39 is 28.5 Å². The quantitative estimate of drug-likeness (QED) is 0.666. The second-order valence-electron chi connectivity index (χ2n) is 6.99. The number of anilines is 1. The van der Waals surface area contributed by atoms with Gasteiger partial charge in [-0.05, 0) is 31.0 Å². The Hall–Kier alpha value is -2.17. The number of nitrogens with zero attached hydrogens (tertiary/aromatic N) is 2. The highest BCUT2D eigenvalue weighted by Crippen LogP contribution is 2.28. The molecule has 160 valence electrons. The summed E-state index contributed by atoms with van der Waals surface area (Å²) in [5, 5.41) is 2.38. The number of amides is 1. The minimum Gasteiger partial charge on any atom is -0.452 e. The Kier molecular flexibility index (Phi) is 7.09. The van der Waals surface area contributed by atoms with E-state index in [1.165, 1.54) is 23.5 Å². The third kappa shape index (κ3) is 5.06. The van der Waals surface area contributed by atoms with E-state index in [0.29, 0.717) is 45.1 Å². The second kappa shape index (κ2) is 9.55. The predicted octanol–water partition coefficient (Wildman–Crippen LogP) is 0.601. The summed E-state index contributed by atoms with van der Waals surface area (Å²) in [7, 11) is -2.25. The molecule has 29 heavy (non-hydrogen) atoms. The highest BCUT2D eigenvalue weighted by molar-refractivity contribution is 7.89. The van der Waals surface area contributed by atoms with Crippen molar-refractivity contribution < 1.29 is 27.5 Å². The fraction of sp³-hybridized carbons (Fsp3) is 0.579. The van der Waals surface area contributed by atoms with Gasteiger partial charge in [0.2, 0.25) is 10.0 Å². The van der Waals surface area contributed by atoms with Crippen molar-refractivity contribution in [3.8, 4) is 0 Å². The lowest BCUT2D eigenvalue weighted by molar-refractivity contribution is -0.123. The van der Waals surface area contributed by atoms with Crippen molar-refractivity contribution in [3.63, 3.8) is 0 Å².